The Morgan fingerprint density at radius 1 is 1.44 bits per heavy atom. The SMILES string of the molecule is CCC[C@@H](C)Oc1ccc(C(=O)O)c(OC)c1C. The summed E-state index contributed by atoms with van der Waals surface area (Å²) < 4.78 is 10.9. The lowest BCUT2D eigenvalue weighted by Crippen LogP contribution is -2.12. The van der Waals surface area contributed by atoms with Crippen LogP contribution in [0.2, 0.25) is 0 Å². The van der Waals surface area contributed by atoms with Gasteiger partial charge in [-0.25, -0.2) is 4.79 Å². The minimum Gasteiger partial charge on any atom is -0.495 e. The normalized spacial score (nSPS) is 12.0. The zero-order valence-electron chi connectivity index (χ0n) is 11.3. The molecule has 0 saturated heterocycles. The molecular weight excluding hydrogens is 232 g/mol. The second-order valence-electron chi connectivity index (χ2n) is 4.29. The second kappa shape index (κ2) is 6.28. The number of benzene rings is 1. The van der Waals surface area contributed by atoms with E-state index in [1.165, 1.54) is 13.2 Å². The van der Waals surface area contributed by atoms with E-state index in [-0.39, 0.29) is 11.7 Å². The van der Waals surface area contributed by atoms with Crippen LogP contribution in [0.5, 0.6) is 11.5 Å². The Kier molecular flexibility index (Phi) is 5.01. The van der Waals surface area contributed by atoms with Gasteiger partial charge >= 0.3 is 5.97 Å². The Hall–Kier alpha value is -1.71. The summed E-state index contributed by atoms with van der Waals surface area (Å²) in [6.07, 6.45) is 2.11. The van der Waals surface area contributed by atoms with Gasteiger partial charge in [-0.15, -0.1) is 0 Å². The molecule has 0 radical (unpaired) electrons. The molecule has 1 atom stereocenters. The van der Waals surface area contributed by atoms with Gasteiger partial charge in [0.15, 0.2) is 0 Å². The summed E-state index contributed by atoms with van der Waals surface area (Å²) in [5.41, 5.74) is 0.880. The van der Waals surface area contributed by atoms with E-state index < -0.39 is 5.97 Å². The van der Waals surface area contributed by atoms with Crippen molar-refractivity contribution < 1.29 is 19.4 Å². The van der Waals surface area contributed by atoms with Gasteiger partial charge in [0.2, 0.25) is 0 Å². The zero-order valence-corrected chi connectivity index (χ0v) is 11.3. The summed E-state index contributed by atoms with van der Waals surface area (Å²) in [6, 6.07) is 3.20. The number of hydrogen-bond acceptors (Lipinski definition) is 3. The summed E-state index contributed by atoms with van der Waals surface area (Å²) in [6.45, 7) is 5.90. The molecule has 0 aliphatic heterocycles. The topological polar surface area (TPSA) is 55.8 Å². The van der Waals surface area contributed by atoms with E-state index >= 15 is 0 Å². The van der Waals surface area contributed by atoms with Crippen molar-refractivity contribution in [2.75, 3.05) is 7.11 Å². The molecule has 0 aliphatic carbocycles. The minimum atomic E-state index is -0.997. The lowest BCUT2D eigenvalue weighted by Gasteiger charge is -2.18. The fraction of sp³-hybridized carbons (Fsp3) is 0.500. The smallest absolute Gasteiger partial charge is 0.339 e. The monoisotopic (exact) mass is 252 g/mol. The zero-order chi connectivity index (χ0) is 13.7. The molecule has 18 heavy (non-hydrogen) atoms. The first-order valence-electron chi connectivity index (χ1n) is 6.08. The first kappa shape index (κ1) is 14.4. The average molecular weight is 252 g/mol. The summed E-state index contributed by atoms with van der Waals surface area (Å²) in [5, 5.41) is 9.06. The van der Waals surface area contributed by atoms with Crippen molar-refractivity contribution in [2.24, 2.45) is 0 Å². The maximum absolute atomic E-state index is 11.0. The molecule has 100 valence electrons. The fourth-order valence-electron chi connectivity index (χ4n) is 1.91. The van der Waals surface area contributed by atoms with Gasteiger partial charge in [0.25, 0.3) is 0 Å². The van der Waals surface area contributed by atoms with Crippen LogP contribution in [0.25, 0.3) is 0 Å². The Bertz CT molecular complexity index is 426. The van der Waals surface area contributed by atoms with Crippen LogP contribution < -0.4 is 9.47 Å². The third-order valence-corrected chi connectivity index (χ3v) is 2.81. The van der Waals surface area contributed by atoms with Gasteiger partial charge in [0, 0.05) is 5.56 Å². The third-order valence-electron chi connectivity index (χ3n) is 2.81. The molecule has 0 heterocycles. The van der Waals surface area contributed by atoms with Crippen LogP contribution in [-0.4, -0.2) is 24.3 Å². The van der Waals surface area contributed by atoms with Crippen molar-refractivity contribution >= 4 is 5.97 Å². The van der Waals surface area contributed by atoms with Gasteiger partial charge in [-0.2, -0.15) is 0 Å². The van der Waals surface area contributed by atoms with Gasteiger partial charge in [0.05, 0.1) is 13.2 Å². The molecule has 0 spiro atoms. The summed E-state index contributed by atoms with van der Waals surface area (Å²) >= 11 is 0. The Morgan fingerprint density at radius 3 is 2.61 bits per heavy atom. The predicted molar refractivity (Wildman–Crippen MR) is 69.7 cm³/mol. The van der Waals surface area contributed by atoms with Gasteiger partial charge in [-0.1, -0.05) is 13.3 Å². The van der Waals surface area contributed by atoms with Crippen molar-refractivity contribution in [1.82, 2.24) is 0 Å². The Labute approximate surface area is 108 Å². The lowest BCUT2D eigenvalue weighted by molar-refractivity contribution is 0.0693. The maximum Gasteiger partial charge on any atom is 0.339 e. The van der Waals surface area contributed by atoms with E-state index in [2.05, 4.69) is 6.92 Å². The summed E-state index contributed by atoms with van der Waals surface area (Å²) in [5.74, 6) is 0.0459. The van der Waals surface area contributed by atoms with Crippen LogP contribution in [0, 0.1) is 6.92 Å². The molecule has 1 aromatic carbocycles. The highest BCUT2D eigenvalue weighted by atomic mass is 16.5. The van der Waals surface area contributed by atoms with Gasteiger partial charge < -0.3 is 14.6 Å². The molecule has 0 aliphatic rings. The number of carbonyl (C=O) groups is 1. The number of ether oxygens (including phenoxy) is 2. The first-order valence-corrected chi connectivity index (χ1v) is 6.08. The molecule has 0 saturated carbocycles. The van der Waals surface area contributed by atoms with E-state index in [9.17, 15) is 4.79 Å². The minimum absolute atomic E-state index is 0.106. The van der Waals surface area contributed by atoms with Crippen molar-refractivity contribution in [1.29, 1.82) is 0 Å². The third kappa shape index (κ3) is 3.15. The van der Waals surface area contributed by atoms with Crippen molar-refractivity contribution in [3.8, 4) is 11.5 Å². The van der Waals surface area contributed by atoms with Crippen LogP contribution in [0.4, 0.5) is 0 Å². The molecule has 1 N–H and O–H groups in total. The quantitative estimate of drug-likeness (QED) is 0.844. The molecule has 0 amide bonds. The van der Waals surface area contributed by atoms with Crippen molar-refractivity contribution in [3.63, 3.8) is 0 Å². The summed E-state index contributed by atoms with van der Waals surface area (Å²) in [4.78, 5) is 11.0. The molecule has 4 nitrogen and oxygen atoms in total. The molecular formula is C14H20O4. The standard InChI is InChI=1S/C14H20O4/c1-5-6-9(2)18-12-8-7-11(14(15)16)13(17-4)10(12)3/h7-9H,5-6H2,1-4H3,(H,15,16)/t9-/m1/s1. The van der Waals surface area contributed by atoms with E-state index in [1.807, 2.05) is 6.92 Å². The van der Waals surface area contributed by atoms with E-state index in [1.54, 1.807) is 13.0 Å². The van der Waals surface area contributed by atoms with Crippen LogP contribution in [0.3, 0.4) is 0 Å². The van der Waals surface area contributed by atoms with Gasteiger partial charge in [0.1, 0.15) is 17.1 Å². The van der Waals surface area contributed by atoms with Crippen molar-refractivity contribution in [3.05, 3.63) is 23.3 Å². The molecule has 4 heteroatoms. The van der Waals surface area contributed by atoms with E-state index in [4.69, 9.17) is 14.6 Å². The number of hydrogen-bond donors (Lipinski definition) is 1. The molecule has 0 bridgehead atoms. The molecule has 1 rings (SSSR count). The van der Waals surface area contributed by atoms with E-state index in [0.717, 1.165) is 18.4 Å². The Balaban J connectivity index is 3.05. The average Bonchev–Trinajstić information content (AvgIpc) is 2.31. The van der Waals surface area contributed by atoms with Crippen molar-refractivity contribution in [2.45, 2.75) is 39.7 Å². The number of carboxylic acids is 1. The van der Waals surface area contributed by atoms with Crippen LogP contribution in [-0.2, 0) is 0 Å². The van der Waals surface area contributed by atoms with Crippen LogP contribution in [0.15, 0.2) is 12.1 Å². The number of methoxy groups -OCH3 is 1. The van der Waals surface area contributed by atoms with Crippen LogP contribution >= 0.6 is 0 Å². The summed E-state index contributed by atoms with van der Waals surface area (Å²) in [7, 11) is 1.47. The Morgan fingerprint density at radius 2 is 2.11 bits per heavy atom. The number of rotatable bonds is 6. The maximum atomic E-state index is 11.0. The highest BCUT2D eigenvalue weighted by Crippen LogP contribution is 2.32. The van der Waals surface area contributed by atoms with Gasteiger partial charge in [-0.3, -0.25) is 0 Å². The first-order chi connectivity index (χ1) is 8.51. The molecule has 0 fully saturated rings. The van der Waals surface area contributed by atoms with E-state index in [0.29, 0.717) is 11.5 Å². The molecule has 0 unspecified atom stereocenters. The number of aromatic carboxylic acids is 1. The molecule has 1 aromatic rings. The highest BCUT2D eigenvalue weighted by molar-refractivity contribution is 5.91. The largest absolute Gasteiger partial charge is 0.495 e. The second-order valence-corrected chi connectivity index (χ2v) is 4.29. The fourth-order valence-corrected chi connectivity index (χ4v) is 1.91. The van der Waals surface area contributed by atoms with Crippen LogP contribution in [0.1, 0.15) is 42.6 Å². The van der Waals surface area contributed by atoms with Gasteiger partial charge in [-0.05, 0) is 32.4 Å². The molecule has 0 aromatic heterocycles. The lowest BCUT2D eigenvalue weighted by atomic mass is 10.1. The number of carboxylic acid groups (broad SMARTS) is 1. The highest BCUT2D eigenvalue weighted by Gasteiger charge is 2.17. The predicted octanol–water partition coefficient (Wildman–Crippen LogP) is 3.27.